The summed E-state index contributed by atoms with van der Waals surface area (Å²) in [6, 6.07) is 6.12. The normalized spacial score (nSPS) is 19.3. The van der Waals surface area contributed by atoms with Crippen LogP contribution in [0.25, 0.3) is 0 Å². The Bertz CT molecular complexity index is 4980. The van der Waals surface area contributed by atoms with E-state index in [9.17, 15) is 166 Å². The van der Waals surface area contributed by atoms with Crippen molar-refractivity contribution in [1.29, 1.82) is 0 Å². The first-order valence-corrected chi connectivity index (χ1v) is 30.8. The highest BCUT2D eigenvalue weighted by molar-refractivity contribution is 6.17. The van der Waals surface area contributed by atoms with Gasteiger partial charge in [-0.25, -0.2) is 33.6 Å². The van der Waals surface area contributed by atoms with E-state index in [0.29, 0.717) is 84.9 Å². The predicted octanol–water partition coefficient (Wildman–Crippen LogP) is 1.82. The Hall–Kier alpha value is -15.2. The number of ketones is 1. The van der Waals surface area contributed by atoms with Gasteiger partial charge in [-0.3, -0.25) is 4.79 Å². The number of esters is 7. The molecule has 0 aromatic heterocycles. The Morgan fingerprint density at radius 3 is 0.874 bits per heavy atom. The molecule has 2 saturated heterocycles. The van der Waals surface area contributed by atoms with Crippen LogP contribution in [0.1, 0.15) is 88.4 Å². The molecule has 25 N–H and O–H groups in total. The first kappa shape index (κ1) is 78.4. The molecule has 2 fully saturated rings. The van der Waals surface area contributed by atoms with Crippen LogP contribution in [0.4, 0.5) is 0 Å². The van der Waals surface area contributed by atoms with E-state index in [1.165, 1.54) is 0 Å². The molecular formula is C68H54O43. The number of rotatable bonds is 20. The number of phenolic OH excluding ortho intramolecular Hbond substituents is 24. The number of aliphatic hydroxyl groups excluding tert-OH is 1. The summed E-state index contributed by atoms with van der Waals surface area (Å²) >= 11 is 0. The lowest BCUT2D eigenvalue weighted by atomic mass is 9.95. The molecule has 0 aliphatic carbocycles. The van der Waals surface area contributed by atoms with Gasteiger partial charge in [0.15, 0.2) is 163 Å². The molecule has 43 heteroatoms. The average Bonchev–Trinajstić information content (AvgIpc) is 0.761. The Labute approximate surface area is 612 Å². The standard InChI is InChI=1S/C68H54O43/c69-26-1-18(2-27(70)45(26)85)44(84)43-25(15-40(83)52(92)54(43)94)66(101)103-16-41-53(93)56(106-61(96)20-5-30(73)47(87)31(74)6-20)58(108-63(98)22-9-34(77)49(89)35(78)10-22)67(104-41)110-55-42(17-102-60(95)19-3-28(71)46(86)29(72)4-19)105-68(111-65(100)24-13-38(81)51(91)39(82)14-24)59(109-64(99)23-11-36(79)50(90)37(80)12-23)57(55)107-62(97)21-7-32(75)48(88)33(76)8-21/h1-15,41-42,53,55-59,67-83,85-94H,16-17H2/t41-,42-,53+,55-,56+,57+,58-,59-,67+,68-/m1/s1. The highest BCUT2D eigenvalue weighted by Gasteiger charge is 2.58. The van der Waals surface area contributed by atoms with Gasteiger partial charge in [-0.15, -0.1) is 0 Å². The van der Waals surface area contributed by atoms with Crippen LogP contribution in [0.2, 0.25) is 0 Å². The number of phenols is 24. The number of carbonyl (C=O) groups excluding carboxylic acids is 8. The lowest BCUT2D eigenvalue weighted by Gasteiger charge is -2.48. The monoisotopic (exact) mass is 1560 g/mol. The first-order valence-electron chi connectivity index (χ1n) is 30.8. The zero-order valence-electron chi connectivity index (χ0n) is 54.9. The summed E-state index contributed by atoms with van der Waals surface area (Å²) in [5, 5.41) is 263. The van der Waals surface area contributed by atoms with Crippen LogP contribution >= 0.6 is 0 Å². The fraction of sp³-hybridized carbons (Fsp3) is 0.176. The molecule has 111 heavy (non-hydrogen) atoms. The maximum atomic E-state index is 14.9. The van der Waals surface area contributed by atoms with Gasteiger partial charge in [0, 0.05) is 5.56 Å². The van der Waals surface area contributed by atoms with Gasteiger partial charge in [0.1, 0.15) is 37.6 Å². The van der Waals surface area contributed by atoms with Crippen LogP contribution in [-0.4, -0.2) is 250 Å². The molecule has 2 heterocycles. The Morgan fingerprint density at radius 1 is 0.261 bits per heavy atom. The summed E-state index contributed by atoms with van der Waals surface area (Å²) < 4.78 is 58.2. The quantitative estimate of drug-likeness (QED) is 0.0224. The maximum absolute atomic E-state index is 14.9. The van der Waals surface area contributed by atoms with Crippen LogP contribution in [-0.2, 0) is 47.4 Å². The van der Waals surface area contributed by atoms with Crippen LogP contribution in [0.3, 0.4) is 0 Å². The topological polar surface area (TPSA) is 735 Å². The molecule has 0 unspecified atom stereocenters. The van der Waals surface area contributed by atoms with E-state index in [-0.39, 0.29) is 6.07 Å². The number of aliphatic hydroxyl groups is 1. The Kier molecular flexibility index (Phi) is 21.7. The van der Waals surface area contributed by atoms with E-state index in [4.69, 9.17) is 47.4 Å². The second-order valence-corrected chi connectivity index (χ2v) is 23.6. The molecule has 0 saturated carbocycles. The fourth-order valence-electron chi connectivity index (χ4n) is 10.7. The molecule has 0 bridgehead atoms. The SMILES string of the molecule is O=C(OC[C@H]1O[C@H](OC(=O)c2cc(O)c(O)c(O)c2)[C@H](OC(=O)c2cc(O)c(O)c(O)c2)[C@@H](OC(=O)c2cc(O)c(O)c(O)c2)[C@@H]1O[C@@H]1O[C@H](COC(=O)c2cc(O)c(O)c(O)c2C(=O)c2cc(O)c(O)c(O)c2)[C@H](O)[C@H](OC(=O)c2cc(O)c(O)c(O)c2)[C@H]1OC(=O)c1cc(O)c(O)c(O)c1)c1cc(O)c(O)c(O)c1. The minimum atomic E-state index is -3.07. The van der Waals surface area contributed by atoms with E-state index in [0.717, 1.165) is 0 Å². The van der Waals surface area contributed by atoms with Crippen molar-refractivity contribution < 1.29 is 213 Å². The lowest BCUT2D eigenvalue weighted by molar-refractivity contribution is -0.351. The fourth-order valence-corrected chi connectivity index (χ4v) is 10.7. The van der Waals surface area contributed by atoms with Crippen molar-refractivity contribution in [2.75, 3.05) is 13.2 Å². The van der Waals surface area contributed by atoms with Crippen LogP contribution in [0.5, 0.6) is 138 Å². The van der Waals surface area contributed by atoms with Gasteiger partial charge in [0.05, 0.1) is 44.5 Å². The third kappa shape index (κ3) is 15.9. The molecule has 10 atom stereocenters. The van der Waals surface area contributed by atoms with E-state index >= 15 is 0 Å². The largest absolute Gasteiger partial charge is 0.504 e. The number of hydrogen-bond donors (Lipinski definition) is 25. The second kappa shape index (κ2) is 30.7. The number of hydrogen-bond acceptors (Lipinski definition) is 43. The highest BCUT2D eigenvalue weighted by Crippen LogP contribution is 2.47. The van der Waals surface area contributed by atoms with Crippen molar-refractivity contribution in [2.45, 2.75) is 61.4 Å². The highest BCUT2D eigenvalue weighted by atomic mass is 16.8. The smallest absolute Gasteiger partial charge is 0.340 e. The van der Waals surface area contributed by atoms with Gasteiger partial charge in [0.2, 0.25) is 18.1 Å². The zero-order valence-corrected chi connectivity index (χ0v) is 54.9. The molecule has 10 rings (SSSR count). The van der Waals surface area contributed by atoms with Crippen molar-refractivity contribution in [3.63, 3.8) is 0 Å². The minimum absolute atomic E-state index is 0.265. The third-order valence-corrected chi connectivity index (χ3v) is 16.3. The van der Waals surface area contributed by atoms with Gasteiger partial charge in [-0.1, -0.05) is 0 Å². The third-order valence-electron chi connectivity index (χ3n) is 16.3. The van der Waals surface area contributed by atoms with Crippen molar-refractivity contribution >= 4 is 47.6 Å². The lowest BCUT2D eigenvalue weighted by Crippen LogP contribution is -2.67. The molecule has 2 aliphatic rings. The van der Waals surface area contributed by atoms with Crippen molar-refractivity contribution in [1.82, 2.24) is 0 Å². The number of carbonyl (C=O) groups is 8. The maximum Gasteiger partial charge on any atom is 0.340 e. The van der Waals surface area contributed by atoms with Gasteiger partial charge in [0.25, 0.3) is 0 Å². The van der Waals surface area contributed by atoms with Crippen molar-refractivity contribution in [3.8, 4) is 138 Å². The number of ether oxygens (including phenoxy) is 10. The summed E-state index contributed by atoms with van der Waals surface area (Å²) in [5.41, 5.74) is -9.58. The molecule has 8 aromatic carbocycles. The van der Waals surface area contributed by atoms with Gasteiger partial charge >= 0.3 is 41.8 Å². The summed E-state index contributed by atoms with van der Waals surface area (Å²) in [4.78, 5) is 116. The molecule has 0 amide bonds. The van der Waals surface area contributed by atoms with E-state index in [2.05, 4.69) is 0 Å². The summed E-state index contributed by atoms with van der Waals surface area (Å²) in [5.74, 6) is -45.9. The summed E-state index contributed by atoms with van der Waals surface area (Å²) in [6.45, 7) is -3.29. The van der Waals surface area contributed by atoms with Crippen LogP contribution in [0, 0.1) is 0 Å². The molecule has 8 aromatic rings. The Balaban J connectivity index is 1.20. The van der Waals surface area contributed by atoms with E-state index in [1.54, 1.807) is 0 Å². The molecule has 2 aliphatic heterocycles. The first-order chi connectivity index (χ1) is 52.1. The van der Waals surface area contributed by atoms with E-state index in [1.807, 2.05) is 0 Å². The Morgan fingerprint density at radius 2 is 0.523 bits per heavy atom. The molecule has 0 radical (unpaired) electrons. The van der Waals surface area contributed by atoms with Gasteiger partial charge in [-0.2, -0.15) is 0 Å². The number of benzene rings is 8. The predicted molar refractivity (Wildman–Crippen MR) is 346 cm³/mol. The molecule has 0 spiro atoms. The van der Waals surface area contributed by atoms with Gasteiger partial charge in [-0.05, 0) is 91.0 Å². The minimum Gasteiger partial charge on any atom is -0.504 e. The molecule has 43 nitrogen and oxygen atoms in total. The van der Waals surface area contributed by atoms with Crippen molar-refractivity contribution in [2.24, 2.45) is 0 Å². The zero-order chi connectivity index (χ0) is 81.5. The average molecular weight is 1560 g/mol. The van der Waals surface area contributed by atoms with Gasteiger partial charge < -0.3 is 175 Å². The molecule has 584 valence electrons. The van der Waals surface area contributed by atoms with E-state index < -0.39 is 310 Å². The number of aromatic hydroxyl groups is 24. The van der Waals surface area contributed by atoms with Crippen molar-refractivity contribution in [3.05, 3.63) is 141 Å². The summed E-state index contributed by atoms with van der Waals surface area (Å²) in [7, 11) is 0. The van der Waals surface area contributed by atoms with Crippen LogP contribution in [0.15, 0.2) is 91.0 Å². The second-order valence-electron chi connectivity index (χ2n) is 23.6. The van der Waals surface area contributed by atoms with Crippen LogP contribution < -0.4 is 0 Å². The summed E-state index contributed by atoms with van der Waals surface area (Å²) in [6.07, 6.45) is -28.9. The molecular weight excluding hydrogens is 1500 g/mol.